The van der Waals surface area contributed by atoms with E-state index in [2.05, 4.69) is 0 Å². The molecule has 4 rings (SSSR count). The molecule has 0 radical (unpaired) electrons. The van der Waals surface area contributed by atoms with Crippen LogP contribution in [0.4, 0.5) is 26.3 Å². The first-order valence-corrected chi connectivity index (χ1v) is 11.5. The molecule has 1 aromatic heterocycles. The number of pyridine rings is 1. The molecule has 5 nitrogen and oxygen atoms in total. The number of alkyl halides is 6. The highest BCUT2D eigenvalue weighted by Gasteiger charge is 2.55. The monoisotopic (exact) mass is 504 g/mol. The van der Waals surface area contributed by atoms with Crippen molar-refractivity contribution in [1.82, 2.24) is 9.47 Å². The Bertz CT molecular complexity index is 1170. The van der Waals surface area contributed by atoms with E-state index in [9.17, 15) is 41.0 Å². The van der Waals surface area contributed by atoms with Gasteiger partial charge in [0.1, 0.15) is 0 Å². The Morgan fingerprint density at radius 1 is 1.03 bits per heavy atom. The molecule has 35 heavy (non-hydrogen) atoms. The fourth-order valence-corrected chi connectivity index (χ4v) is 5.59. The van der Waals surface area contributed by atoms with Gasteiger partial charge in [0.15, 0.2) is 0 Å². The molecule has 1 spiro atoms. The van der Waals surface area contributed by atoms with Gasteiger partial charge in [-0.1, -0.05) is 12.8 Å². The van der Waals surface area contributed by atoms with Gasteiger partial charge in [0.05, 0.1) is 24.1 Å². The molecular weight excluding hydrogens is 478 g/mol. The van der Waals surface area contributed by atoms with E-state index in [0.29, 0.717) is 12.8 Å². The summed E-state index contributed by atoms with van der Waals surface area (Å²) in [7, 11) is 0. The lowest BCUT2D eigenvalue weighted by Crippen LogP contribution is -2.62. The highest BCUT2D eigenvalue weighted by atomic mass is 19.4. The Morgan fingerprint density at radius 3 is 2.34 bits per heavy atom. The summed E-state index contributed by atoms with van der Waals surface area (Å²) in [5.74, 6) is -0.612. The summed E-state index contributed by atoms with van der Waals surface area (Å²) < 4.78 is 78.1. The van der Waals surface area contributed by atoms with Crippen LogP contribution in [0.3, 0.4) is 0 Å². The van der Waals surface area contributed by atoms with Gasteiger partial charge in [0, 0.05) is 36.5 Å². The number of benzene rings is 1. The van der Waals surface area contributed by atoms with Gasteiger partial charge in [-0.25, -0.2) is 0 Å². The fourth-order valence-electron chi connectivity index (χ4n) is 5.59. The number of nitrogens with zero attached hydrogens (tertiary/aromatic N) is 2. The van der Waals surface area contributed by atoms with Gasteiger partial charge in [-0.05, 0) is 48.9 Å². The minimum absolute atomic E-state index is 0.0617. The van der Waals surface area contributed by atoms with Gasteiger partial charge in [-0.3, -0.25) is 9.59 Å². The fraction of sp³-hybridized carbons (Fsp3) is 0.583. The molecule has 1 aliphatic heterocycles. The number of halogens is 6. The largest absolute Gasteiger partial charge is 0.416 e. The smallest absolute Gasteiger partial charge is 0.387 e. The van der Waals surface area contributed by atoms with Gasteiger partial charge >= 0.3 is 12.4 Å². The zero-order chi connectivity index (χ0) is 25.6. The number of hydrogen-bond donors (Lipinski definition) is 1. The molecular formula is C24H26F6N2O3. The second-order valence-corrected chi connectivity index (χ2v) is 9.75. The van der Waals surface area contributed by atoms with Crippen molar-refractivity contribution in [3.63, 3.8) is 0 Å². The standard InChI is InChI=1S/C24H26F6N2O3/c25-23(26,27)9-5-19(33)31-12-10-22(35,21(14-31)7-1-2-8-21)15-32-11-6-16-13-17(24(28,29)30)3-4-18(16)20(32)34/h3-4,6,11,13,35H,1-2,5,7-10,12,14-15H2. The Morgan fingerprint density at radius 2 is 1.71 bits per heavy atom. The van der Waals surface area contributed by atoms with E-state index in [0.717, 1.165) is 31.0 Å². The van der Waals surface area contributed by atoms with E-state index in [4.69, 9.17) is 0 Å². The van der Waals surface area contributed by atoms with Gasteiger partial charge in [0.2, 0.25) is 5.91 Å². The van der Waals surface area contributed by atoms with Crippen molar-refractivity contribution < 1.29 is 36.2 Å². The van der Waals surface area contributed by atoms with E-state index in [1.807, 2.05) is 0 Å². The molecule has 1 aliphatic carbocycles. The number of aromatic nitrogens is 1. The zero-order valence-electron chi connectivity index (χ0n) is 18.9. The normalized spacial score (nSPS) is 22.8. The van der Waals surface area contributed by atoms with Crippen molar-refractivity contribution in [3.05, 3.63) is 46.4 Å². The predicted octanol–water partition coefficient (Wildman–Crippen LogP) is 4.89. The maximum Gasteiger partial charge on any atom is 0.416 e. The van der Waals surface area contributed by atoms with E-state index in [1.54, 1.807) is 0 Å². The molecule has 2 aliphatic rings. The third-order valence-electron chi connectivity index (χ3n) is 7.55. The van der Waals surface area contributed by atoms with E-state index in [1.165, 1.54) is 21.7 Å². The van der Waals surface area contributed by atoms with E-state index < -0.39 is 53.2 Å². The second kappa shape index (κ2) is 8.83. The maximum atomic E-state index is 13.1. The Labute approximate surface area is 197 Å². The van der Waals surface area contributed by atoms with Gasteiger partial charge < -0.3 is 14.6 Å². The molecule has 1 aromatic carbocycles. The SMILES string of the molecule is O=C(CCC(F)(F)F)N1CCC(O)(Cn2ccc3cc(C(F)(F)F)ccc3c2=O)C2(CCCC2)C1. The summed E-state index contributed by atoms with van der Waals surface area (Å²) in [5.41, 5.74) is -3.57. The number of fused-ring (bicyclic) bond motifs is 1. The molecule has 1 saturated heterocycles. The second-order valence-electron chi connectivity index (χ2n) is 9.75. The molecule has 2 fully saturated rings. The number of piperidine rings is 1. The van der Waals surface area contributed by atoms with Crippen LogP contribution in [-0.4, -0.2) is 45.3 Å². The molecule has 1 amide bonds. The minimum Gasteiger partial charge on any atom is -0.387 e. The molecule has 0 bridgehead atoms. The first-order valence-electron chi connectivity index (χ1n) is 11.5. The van der Waals surface area contributed by atoms with Crippen molar-refractivity contribution in [1.29, 1.82) is 0 Å². The Kier molecular flexibility index (Phi) is 6.44. The van der Waals surface area contributed by atoms with Crippen LogP contribution in [0.15, 0.2) is 35.3 Å². The number of likely N-dealkylation sites (tertiary alicyclic amines) is 1. The third kappa shape index (κ3) is 5.05. The molecule has 2 aromatic rings. The lowest BCUT2D eigenvalue weighted by Gasteiger charge is -2.52. The number of rotatable bonds is 4. The van der Waals surface area contributed by atoms with Crippen LogP contribution in [0.25, 0.3) is 10.8 Å². The van der Waals surface area contributed by atoms with Crippen LogP contribution in [0.1, 0.15) is 50.5 Å². The van der Waals surface area contributed by atoms with Crippen molar-refractivity contribution in [3.8, 4) is 0 Å². The predicted molar refractivity (Wildman–Crippen MR) is 116 cm³/mol. The summed E-state index contributed by atoms with van der Waals surface area (Å²) >= 11 is 0. The highest BCUT2D eigenvalue weighted by Crippen LogP contribution is 2.51. The number of aliphatic hydroxyl groups is 1. The number of hydrogen-bond acceptors (Lipinski definition) is 3. The van der Waals surface area contributed by atoms with Crippen molar-refractivity contribution in [2.45, 2.75) is 69.4 Å². The van der Waals surface area contributed by atoms with E-state index in [-0.39, 0.29) is 36.8 Å². The van der Waals surface area contributed by atoms with Crippen LogP contribution in [-0.2, 0) is 17.5 Å². The average molecular weight is 504 g/mol. The third-order valence-corrected chi connectivity index (χ3v) is 7.55. The van der Waals surface area contributed by atoms with Gasteiger partial charge in [-0.15, -0.1) is 0 Å². The molecule has 1 N–H and O–H groups in total. The van der Waals surface area contributed by atoms with Crippen molar-refractivity contribution in [2.24, 2.45) is 5.41 Å². The van der Waals surface area contributed by atoms with Crippen LogP contribution >= 0.6 is 0 Å². The Hall–Kier alpha value is -2.56. The van der Waals surface area contributed by atoms with Gasteiger partial charge in [-0.2, -0.15) is 26.3 Å². The Balaban J connectivity index is 1.59. The molecule has 1 atom stereocenters. The molecule has 2 heterocycles. The molecule has 1 unspecified atom stereocenters. The highest BCUT2D eigenvalue weighted by molar-refractivity contribution is 5.82. The van der Waals surface area contributed by atoms with Crippen LogP contribution in [0, 0.1) is 5.41 Å². The summed E-state index contributed by atoms with van der Waals surface area (Å²) in [6.45, 7) is 0.0526. The van der Waals surface area contributed by atoms with Crippen LogP contribution in [0.5, 0.6) is 0 Å². The molecule has 1 saturated carbocycles. The van der Waals surface area contributed by atoms with Crippen molar-refractivity contribution in [2.75, 3.05) is 13.1 Å². The first-order chi connectivity index (χ1) is 16.2. The average Bonchev–Trinajstić information content (AvgIpc) is 3.25. The maximum absolute atomic E-state index is 13.1. The number of amides is 1. The summed E-state index contributed by atoms with van der Waals surface area (Å²) in [6.07, 6.45) is -6.72. The van der Waals surface area contributed by atoms with Crippen LogP contribution in [0.2, 0.25) is 0 Å². The molecule has 11 heteroatoms. The minimum atomic E-state index is -4.54. The van der Waals surface area contributed by atoms with Crippen LogP contribution < -0.4 is 5.56 Å². The summed E-state index contributed by atoms with van der Waals surface area (Å²) in [4.78, 5) is 26.9. The zero-order valence-corrected chi connectivity index (χ0v) is 18.9. The quantitative estimate of drug-likeness (QED) is 0.604. The van der Waals surface area contributed by atoms with E-state index >= 15 is 0 Å². The molecule has 192 valence electrons. The summed E-state index contributed by atoms with van der Waals surface area (Å²) in [6, 6.07) is 4.26. The number of carbonyl (C=O) groups is 1. The topological polar surface area (TPSA) is 62.5 Å². The summed E-state index contributed by atoms with van der Waals surface area (Å²) in [5, 5.41) is 12.0. The van der Waals surface area contributed by atoms with Crippen molar-refractivity contribution >= 4 is 16.7 Å². The lowest BCUT2D eigenvalue weighted by atomic mass is 9.65. The first kappa shape index (κ1) is 25.5. The lowest BCUT2D eigenvalue weighted by molar-refractivity contribution is -0.166. The van der Waals surface area contributed by atoms with Gasteiger partial charge in [0.25, 0.3) is 5.56 Å². The number of carbonyl (C=O) groups excluding carboxylic acids is 1.